The Morgan fingerprint density at radius 3 is 1.68 bits per heavy atom. The molecule has 0 fully saturated rings. The zero-order valence-electron chi connectivity index (χ0n) is 24.0. The van der Waals surface area contributed by atoms with Crippen molar-refractivity contribution < 1.29 is 0 Å². The zero-order valence-corrected chi connectivity index (χ0v) is 24.0. The average molecular weight is 533 g/mol. The number of nitrogens with zero attached hydrogens (tertiary/aromatic N) is 2. The van der Waals surface area contributed by atoms with Crippen molar-refractivity contribution in [3.05, 3.63) is 170 Å². The third kappa shape index (κ3) is 6.93. The lowest BCUT2D eigenvalue weighted by atomic mass is 10.0. The highest BCUT2D eigenvalue weighted by Gasteiger charge is 2.13. The molecular formula is C39H36N2. The maximum Gasteiger partial charge on any atom is 0.0467 e. The van der Waals surface area contributed by atoms with Crippen molar-refractivity contribution in [3.8, 4) is 22.3 Å². The SMILES string of the molecule is C\C=C/C=C(C)\C=C\N(C)c1ccc(-c2ccc(N(c3ccccc3)c3cccc(-c4ccccc4)c3)cc2)cc1. The molecule has 0 unspecified atom stereocenters. The molecule has 0 atom stereocenters. The molecule has 5 rings (SSSR count). The molecule has 2 heteroatoms. The van der Waals surface area contributed by atoms with E-state index in [1.54, 1.807) is 0 Å². The van der Waals surface area contributed by atoms with Crippen LogP contribution >= 0.6 is 0 Å². The lowest BCUT2D eigenvalue weighted by molar-refractivity contribution is 1.20. The second kappa shape index (κ2) is 13.3. The van der Waals surface area contributed by atoms with Gasteiger partial charge in [-0.3, -0.25) is 0 Å². The Balaban J connectivity index is 1.40. The number of benzene rings is 5. The smallest absolute Gasteiger partial charge is 0.0467 e. The number of para-hydroxylation sites is 1. The van der Waals surface area contributed by atoms with Crippen LogP contribution in [0, 0.1) is 0 Å². The Hall–Kier alpha value is -5.08. The van der Waals surface area contributed by atoms with E-state index in [1.165, 1.54) is 27.8 Å². The van der Waals surface area contributed by atoms with E-state index in [9.17, 15) is 0 Å². The van der Waals surface area contributed by atoms with Crippen LogP contribution in [-0.4, -0.2) is 7.05 Å². The number of hydrogen-bond acceptors (Lipinski definition) is 2. The fourth-order valence-corrected chi connectivity index (χ4v) is 4.79. The van der Waals surface area contributed by atoms with Crippen LogP contribution in [0.25, 0.3) is 22.3 Å². The first-order chi connectivity index (χ1) is 20.1. The molecule has 202 valence electrons. The van der Waals surface area contributed by atoms with Gasteiger partial charge in [-0.25, -0.2) is 0 Å². The Morgan fingerprint density at radius 2 is 1.05 bits per heavy atom. The van der Waals surface area contributed by atoms with Gasteiger partial charge in [0.1, 0.15) is 0 Å². The largest absolute Gasteiger partial charge is 0.351 e. The highest BCUT2D eigenvalue weighted by Crippen LogP contribution is 2.37. The van der Waals surface area contributed by atoms with E-state index in [0.717, 1.165) is 22.7 Å². The average Bonchev–Trinajstić information content (AvgIpc) is 3.04. The molecule has 0 amide bonds. The van der Waals surface area contributed by atoms with Crippen molar-refractivity contribution in [2.24, 2.45) is 0 Å². The van der Waals surface area contributed by atoms with E-state index < -0.39 is 0 Å². The predicted octanol–water partition coefficient (Wildman–Crippen LogP) is 11.0. The predicted molar refractivity (Wildman–Crippen MR) is 178 cm³/mol. The van der Waals surface area contributed by atoms with E-state index in [4.69, 9.17) is 0 Å². The van der Waals surface area contributed by atoms with Crippen LogP contribution in [0.2, 0.25) is 0 Å². The summed E-state index contributed by atoms with van der Waals surface area (Å²) in [6.07, 6.45) is 10.4. The topological polar surface area (TPSA) is 6.48 Å². The van der Waals surface area contributed by atoms with Crippen LogP contribution in [0.5, 0.6) is 0 Å². The minimum absolute atomic E-state index is 1.12. The number of allylic oxidation sites excluding steroid dienone is 5. The maximum absolute atomic E-state index is 2.31. The molecule has 0 saturated heterocycles. The van der Waals surface area contributed by atoms with Gasteiger partial charge in [0.05, 0.1) is 0 Å². The third-order valence-corrected chi connectivity index (χ3v) is 7.07. The van der Waals surface area contributed by atoms with Gasteiger partial charge in [-0.1, -0.05) is 103 Å². The van der Waals surface area contributed by atoms with Gasteiger partial charge in [-0.2, -0.15) is 0 Å². The van der Waals surface area contributed by atoms with Crippen LogP contribution in [0.3, 0.4) is 0 Å². The molecule has 0 heterocycles. The molecule has 5 aromatic rings. The molecule has 41 heavy (non-hydrogen) atoms. The van der Waals surface area contributed by atoms with Crippen LogP contribution in [0.4, 0.5) is 22.7 Å². The van der Waals surface area contributed by atoms with Gasteiger partial charge in [0, 0.05) is 36.0 Å². The second-order valence-electron chi connectivity index (χ2n) is 10.0. The molecule has 0 saturated carbocycles. The van der Waals surface area contributed by atoms with E-state index in [-0.39, 0.29) is 0 Å². The standard InChI is InChI=1S/C39H36N2/c1-4-5-13-31(2)28-29-40(3)36-24-20-33(21-25-36)34-22-26-38(27-23-34)41(37-17-10-7-11-18-37)39-19-12-16-35(30-39)32-14-8-6-9-15-32/h4-30H,1-3H3/b5-4-,29-28+,31-13-. The number of anilines is 4. The summed E-state index contributed by atoms with van der Waals surface area (Å²) in [6.45, 7) is 4.13. The summed E-state index contributed by atoms with van der Waals surface area (Å²) in [4.78, 5) is 4.45. The van der Waals surface area contributed by atoms with Crippen molar-refractivity contribution in [1.29, 1.82) is 0 Å². The van der Waals surface area contributed by atoms with Crippen molar-refractivity contribution in [3.63, 3.8) is 0 Å². The highest BCUT2D eigenvalue weighted by molar-refractivity contribution is 5.81. The monoisotopic (exact) mass is 532 g/mol. The molecule has 0 aliphatic heterocycles. The summed E-state index contributed by atoms with van der Waals surface area (Å²) in [7, 11) is 2.08. The van der Waals surface area contributed by atoms with Gasteiger partial charge in [-0.05, 0) is 96.3 Å². The molecule has 0 aromatic heterocycles. The van der Waals surface area contributed by atoms with E-state index in [1.807, 2.05) is 13.0 Å². The molecule has 0 aliphatic carbocycles. The lowest BCUT2D eigenvalue weighted by Gasteiger charge is -2.26. The summed E-state index contributed by atoms with van der Waals surface area (Å²) >= 11 is 0. The van der Waals surface area contributed by atoms with Crippen LogP contribution < -0.4 is 9.80 Å². The third-order valence-electron chi connectivity index (χ3n) is 7.07. The minimum atomic E-state index is 1.12. The molecule has 0 bridgehead atoms. The van der Waals surface area contributed by atoms with E-state index in [2.05, 4.69) is 182 Å². The molecule has 2 nitrogen and oxygen atoms in total. The Labute approximate surface area is 244 Å². The lowest BCUT2D eigenvalue weighted by Crippen LogP contribution is -2.09. The Kier molecular flexibility index (Phi) is 8.93. The second-order valence-corrected chi connectivity index (χ2v) is 10.0. The number of rotatable bonds is 9. The summed E-state index contributed by atoms with van der Waals surface area (Å²) < 4.78 is 0. The fraction of sp³-hybridized carbons (Fsp3) is 0.0769. The van der Waals surface area contributed by atoms with Crippen LogP contribution in [-0.2, 0) is 0 Å². The minimum Gasteiger partial charge on any atom is -0.351 e. The Bertz CT molecular complexity index is 1630. The quantitative estimate of drug-likeness (QED) is 0.174. The van der Waals surface area contributed by atoms with Crippen LogP contribution in [0.1, 0.15) is 13.8 Å². The molecule has 0 radical (unpaired) electrons. The number of hydrogen-bond donors (Lipinski definition) is 0. The molecular weight excluding hydrogens is 496 g/mol. The van der Waals surface area contributed by atoms with Gasteiger partial charge in [0.15, 0.2) is 0 Å². The summed E-state index contributed by atoms with van der Waals surface area (Å²) in [5.74, 6) is 0. The highest BCUT2D eigenvalue weighted by atomic mass is 15.1. The van der Waals surface area contributed by atoms with Crippen molar-refractivity contribution >= 4 is 22.7 Å². The Morgan fingerprint density at radius 1 is 0.537 bits per heavy atom. The van der Waals surface area contributed by atoms with Gasteiger partial charge >= 0.3 is 0 Å². The van der Waals surface area contributed by atoms with Gasteiger partial charge < -0.3 is 9.80 Å². The van der Waals surface area contributed by atoms with Crippen molar-refractivity contribution in [2.75, 3.05) is 16.8 Å². The van der Waals surface area contributed by atoms with Gasteiger partial charge in [-0.15, -0.1) is 0 Å². The zero-order chi connectivity index (χ0) is 28.4. The fourth-order valence-electron chi connectivity index (χ4n) is 4.79. The van der Waals surface area contributed by atoms with Crippen molar-refractivity contribution in [1.82, 2.24) is 0 Å². The molecule has 0 aliphatic rings. The summed E-state index contributed by atoms with van der Waals surface area (Å²) in [5.41, 5.74) is 10.5. The molecule has 5 aromatic carbocycles. The summed E-state index contributed by atoms with van der Waals surface area (Å²) in [5, 5.41) is 0. The summed E-state index contributed by atoms with van der Waals surface area (Å²) in [6, 6.07) is 47.4. The normalized spacial score (nSPS) is 11.7. The molecule has 0 spiro atoms. The van der Waals surface area contributed by atoms with Gasteiger partial charge in [0.25, 0.3) is 0 Å². The maximum atomic E-state index is 2.31. The first-order valence-electron chi connectivity index (χ1n) is 14.0. The van der Waals surface area contributed by atoms with Gasteiger partial charge in [0.2, 0.25) is 0 Å². The first-order valence-corrected chi connectivity index (χ1v) is 14.0. The van der Waals surface area contributed by atoms with Crippen molar-refractivity contribution in [2.45, 2.75) is 13.8 Å². The first kappa shape index (κ1) is 27.5. The van der Waals surface area contributed by atoms with Crippen LogP contribution in [0.15, 0.2) is 170 Å². The molecule has 0 N–H and O–H groups in total. The van der Waals surface area contributed by atoms with E-state index >= 15 is 0 Å². The van der Waals surface area contributed by atoms with E-state index in [0.29, 0.717) is 0 Å².